The molecule has 0 bridgehead atoms. The molecule has 3 heteroatoms. The van der Waals surface area contributed by atoms with Gasteiger partial charge in [0, 0.05) is 12.6 Å². The molecule has 2 rings (SSSR count). The maximum Gasteiger partial charge on any atom is 0.119 e. The number of hydrogen-bond donors (Lipinski definition) is 1. The molecule has 2 N–H and O–H groups in total. The molecule has 0 aliphatic carbocycles. The first kappa shape index (κ1) is 16.3. The number of methoxy groups -OCH3 is 1. The van der Waals surface area contributed by atoms with Gasteiger partial charge in [-0.05, 0) is 61.9 Å². The molecule has 1 aliphatic rings. The molecule has 1 saturated heterocycles. The first-order valence-corrected chi connectivity index (χ1v) is 8.23. The van der Waals surface area contributed by atoms with Crippen LogP contribution in [-0.2, 0) is 0 Å². The Hall–Kier alpha value is -1.06. The minimum absolute atomic E-state index is 0.311. The summed E-state index contributed by atoms with van der Waals surface area (Å²) in [5.74, 6) is 2.57. The van der Waals surface area contributed by atoms with Crippen molar-refractivity contribution in [1.29, 1.82) is 0 Å². The first-order chi connectivity index (χ1) is 10.2. The molecule has 2 atom stereocenters. The van der Waals surface area contributed by atoms with Crippen LogP contribution >= 0.6 is 0 Å². The van der Waals surface area contributed by atoms with Crippen molar-refractivity contribution < 1.29 is 4.74 Å². The lowest BCUT2D eigenvalue weighted by Crippen LogP contribution is -2.34. The number of likely N-dealkylation sites (tertiary alicyclic amines) is 1. The second-order valence-electron chi connectivity index (χ2n) is 6.50. The van der Waals surface area contributed by atoms with Crippen LogP contribution in [0.1, 0.15) is 44.7 Å². The summed E-state index contributed by atoms with van der Waals surface area (Å²) in [5, 5.41) is 0. The maximum absolute atomic E-state index is 6.09. The van der Waals surface area contributed by atoms with E-state index in [0.717, 1.165) is 30.7 Å². The van der Waals surface area contributed by atoms with Gasteiger partial charge in [-0.2, -0.15) is 0 Å². The van der Waals surface area contributed by atoms with Crippen LogP contribution in [0.2, 0.25) is 0 Å². The molecule has 1 aromatic carbocycles. The summed E-state index contributed by atoms with van der Waals surface area (Å²) in [6.45, 7) is 7.68. The zero-order valence-corrected chi connectivity index (χ0v) is 13.7. The van der Waals surface area contributed by atoms with Crippen LogP contribution in [0, 0.1) is 11.8 Å². The van der Waals surface area contributed by atoms with Crippen molar-refractivity contribution >= 4 is 0 Å². The van der Waals surface area contributed by atoms with Gasteiger partial charge in [-0.1, -0.05) is 26.0 Å². The number of rotatable bonds is 5. The Bertz CT molecular complexity index is 433. The molecule has 1 fully saturated rings. The summed E-state index contributed by atoms with van der Waals surface area (Å²) in [5.41, 5.74) is 7.37. The van der Waals surface area contributed by atoms with Crippen LogP contribution in [0.3, 0.4) is 0 Å². The Morgan fingerprint density at radius 3 is 2.76 bits per heavy atom. The number of hydrogen-bond acceptors (Lipinski definition) is 3. The standard InChI is InChI=1S/C18H30N2O/c1-14(2)15-7-5-10-20(11-9-15)18(13-19)16-6-4-8-17(12-16)21-3/h4,6,8,12,14-15,18H,5,7,9-11,13,19H2,1-3H3. The Labute approximate surface area is 129 Å². The zero-order valence-electron chi connectivity index (χ0n) is 13.7. The maximum atomic E-state index is 6.09. The Balaban J connectivity index is 2.09. The summed E-state index contributed by atoms with van der Waals surface area (Å²) < 4.78 is 5.35. The van der Waals surface area contributed by atoms with E-state index in [1.807, 2.05) is 6.07 Å². The normalized spacial score (nSPS) is 22.0. The molecular weight excluding hydrogens is 260 g/mol. The summed E-state index contributed by atoms with van der Waals surface area (Å²) in [6.07, 6.45) is 3.92. The van der Waals surface area contributed by atoms with Gasteiger partial charge in [0.15, 0.2) is 0 Å². The Morgan fingerprint density at radius 1 is 1.29 bits per heavy atom. The molecular formula is C18H30N2O. The molecule has 3 nitrogen and oxygen atoms in total. The van der Waals surface area contributed by atoms with Gasteiger partial charge in [0.2, 0.25) is 0 Å². The van der Waals surface area contributed by atoms with Crippen molar-refractivity contribution in [3.63, 3.8) is 0 Å². The van der Waals surface area contributed by atoms with Gasteiger partial charge in [-0.15, -0.1) is 0 Å². The lowest BCUT2D eigenvalue weighted by Gasteiger charge is -2.30. The van der Waals surface area contributed by atoms with E-state index in [1.165, 1.54) is 24.8 Å². The number of benzene rings is 1. The highest BCUT2D eigenvalue weighted by Gasteiger charge is 2.24. The van der Waals surface area contributed by atoms with E-state index in [0.29, 0.717) is 12.6 Å². The fourth-order valence-corrected chi connectivity index (χ4v) is 3.47. The lowest BCUT2D eigenvalue weighted by molar-refractivity contribution is 0.203. The summed E-state index contributed by atoms with van der Waals surface area (Å²) >= 11 is 0. The minimum atomic E-state index is 0.311. The Kier molecular flexibility index (Phi) is 6.07. The van der Waals surface area contributed by atoms with E-state index >= 15 is 0 Å². The van der Waals surface area contributed by atoms with Crippen LogP contribution in [0.4, 0.5) is 0 Å². The van der Waals surface area contributed by atoms with E-state index in [2.05, 4.69) is 36.9 Å². The second-order valence-corrected chi connectivity index (χ2v) is 6.50. The molecule has 118 valence electrons. The monoisotopic (exact) mass is 290 g/mol. The van der Waals surface area contributed by atoms with Gasteiger partial charge in [0.25, 0.3) is 0 Å². The van der Waals surface area contributed by atoms with E-state index in [-0.39, 0.29) is 0 Å². The number of ether oxygens (including phenoxy) is 1. The predicted molar refractivity (Wildman–Crippen MR) is 88.5 cm³/mol. The van der Waals surface area contributed by atoms with Crippen molar-refractivity contribution in [3.8, 4) is 5.75 Å². The summed E-state index contributed by atoms with van der Waals surface area (Å²) in [4.78, 5) is 2.57. The summed E-state index contributed by atoms with van der Waals surface area (Å²) in [6, 6.07) is 8.67. The Morgan fingerprint density at radius 2 is 2.10 bits per heavy atom. The van der Waals surface area contributed by atoms with Gasteiger partial charge in [-0.3, -0.25) is 4.90 Å². The fourth-order valence-electron chi connectivity index (χ4n) is 3.47. The first-order valence-electron chi connectivity index (χ1n) is 8.23. The third-order valence-corrected chi connectivity index (χ3v) is 4.89. The smallest absolute Gasteiger partial charge is 0.119 e. The van der Waals surface area contributed by atoms with Crippen LogP contribution in [0.15, 0.2) is 24.3 Å². The average molecular weight is 290 g/mol. The molecule has 21 heavy (non-hydrogen) atoms. The summed E-state index contributed by atoms with van der Waals surface area (Å²) in [7, 11) is 1.72. The van der Waals surface area contributed by atoms with E-state index in [1.54, 1.807) is 7.11 Å². The molecule has 1 aliphatic heterocycles. The van der Waals surface area contributed by atoms with Crippen molar-refractivity contribution in [1.82, 2.24) is 4.90 Å². The molecule has 0 amide bonds. The van der Waals surface area contributed by atoms with Gasteiger partial charge >= 0.3 is 0 Å². The molecule has 1 aromatic rings. The molecule has 0 radical (unpaired) electrons. The molecule has 0 aromatic heterocycles. The zero-order chi connectivity index (χ0) is 15.2. The highest BCUT2D eigenvalue weighted by atomic mass is 16.5. The van der Waals surface area contributed by atoms with Crippen LogP contribution in [0.5, 0.6) is 5.75 Å². The van der Waals surface area contributed by atoms with Crippen LogP contribution in [-0.4, -0.2) is 31.6 Å². The van der Waals surface area contributed by atoms with Crippen molar-refractivity contribution in [2.24, 2.45) is 17.6 Å². The van der Waals surface area contributed by atoms with Crippen LogP contribution < -0.4 is 10.5 Å². The second kappa shape index (κ2) is 7.81. The van der Waals surface area contributed by atoms with Crippen molar-refractivity contribution in [2.45, 2.75) is 39.2 Å². The largest absolute Gasteiger partial charge is 0.497 e. The predicted octanol–water partition coefficient (Wildman–Crippen LogP) is 3.45. The van der Waals surface area contributed by atoms with E-state index in [9.17, 15) is 0 Å². The van der Waals surface area contributed by atoms with Crippen LogP contribution in [0.25, 0.3) is 0 Å². The van der Waals surface area contributed by atoms with Crippen molar-refractivity contribution in [2.75, 3.05) is 26.7 Å². The minimum Gasteiger partial charge on any atom is -0.497 e. The van der Waals surface area contributed by atoms with Gasteiger partial charge in [0.05, 0.1) is 7.11 Å². The SMILES string of the molecule is COc1cccc(C(CN)N2CCCC(C(C)C)CC2)c1. The third-order valence-electron chi connectivity index (χ3n) is 4.89. The molecule has 1 heterocycles. The van der Waals surface area contributed by atoms with Gasteiger partial charge in [0.1, 0.15) is 5.75 Å². The van der Waals surface area contributed by atoms with Gasteiger partial charge in [-0.25, -0.2) is 0 Å². The average Bonchev–Trinajstić information content (AvgIpc) is 2.74. The quantitative estimate of drug-likeness (QED) is 0.902. The number of nitrogens with zero attached hydrogens (tertiary/aromatic N) is 1. The number of nitrogens with two attached hydrogens (primary N) is 1. The molecule has 0 spiro atoms. The lowest BCUT2D eigenvalue weighted by atomic mass is 9.89. The van der Waals surface area contributed by atoms with Gasteiger partial charge < -0.3 is 10.5 Å². The van der Waals surface area contributed by atoms with E-state index < -0.39 is 0 Å². The topological polar surface area (TPSA) is 38.5 Å². The highest BCUT2D eigenvalue weighted by molar-refractivity contribution is 5.30. The highest BCUT2D eigenvalue weighted by Crippen LogP contribution is 2.30. The van der Waals surface area contributed by atoms with E-state index in [4.69, 9.17) is 10.5 Å². The molecule has 2 unspecified atom stereocenters. The molecule has 0 saturated carbocycles. The fraction of sp³-hybridized carbons (Fsp3) is 0.667. The van der Waals surface area contributed by atoms with Crippen molar-refractivity contribution in [3.05, 3.63) is 29.8 Å². The third kappa shape index (κ3) is 4.21.